The SMILES string of the molecule is CCCS(=O)(=O)N1CCCc2cc(NC(=O)c3ccc4ccccc4c3)ccc21. The van der Waals surface area contributed by atoms with Gasteiger partial charge in [-0.25, -0.2) is 8.42 Å². The molecule has 1 aliphatic rings. The van der Waals surface area contributed by atoms with E-state index >= 15 is 0 Å². The molecule has 0 saturated heterocycles. The van der Waals surface area contributed by atoms with E-state index in [4.69, 9.17) is 0 Å². The minimum atomic E-state index is -3.30. The van der Waals surface area contributed by atoms with Crippen molar-refractivity contribution < 1.29 is 13.2 Å². The Bertz CT molecular complexity index is 1170. The third-order valence-corrected chi connectivity index (χ3v) is 7.20. The molecule has 4 rings (SSSR count). The number of nitrogens with one attached hydrogen (secondary N) is 1. The predicted molar refractivity (Wildman–Crippen MR) is 118 cm³/mol. The molecule has 3 aromatic rings. The van der Waals surface area contributed by atoms with Crippen LogP contribution in [0, 0.1) is 0 Å². The number of anilines is 2. The van der Waals surface area contributed by atoms with Crippen molar-refractivity contribution >= 4 is 38.1 Å². The van der Waals surface area contributed by atoms with Crippen LogP contribution in [0.2, 0.25) is 0 Å². The highest BCUT2D eigenvalue weighted by atomic mass is 32.2. The Hall–Kier alpha value is -2.86. The standard InChI is InChI=1S/C23H24N2O3S/c1-2-14-29(27,28)25-13-5-8-19-16-21(11-12-22(19)25)24-23(26)20-10-9-17-6-3-4-7-18(17)15-20/h3-4,6-7,9-12,15-16H,2,5,8,13-14H2,1H3,(H,24,26). The molecule has 0 aliphatic carbocycles. The Labute approximate surface area is 171 Å². The number of carbonyl (C=O) groups is 1. The summed E-state index contributed by atoms with van der Waals surface area (Å²) in [4.78, 5) is 12.7. The third kappa shape index (κ3) is 3.98. The molecular weight excluding hydrogens is 384 g/mol. The van der Waals surface area contributed by atoms with Crippen LogP contribution in [0.4, 0.5) is 11.4 Å². The van der Waals surface area contributed by atoms with E-state index in [0.717, 1.165) is 34.9 Å². The number of rotatable bonds is 5. The summed E-state index contributed by atoms with van der Waals surface area (Å²) >= 11 is 0. The highest BCUT2D eigenvalue weighted by Gasteiger charge is 2.27. The first kappa shape index (κ1) is 19.5. The van der Waals surface area contributed by atoms with Crippen LogP contribution in [-0.2, 0) is 16.4 Å². The van der Waals surface area contributed by atoms with E-state index in [1.54, 1.807) is 12.1 Å². The molecule has 1 N–H and O–H groups in total. The van der Waals surface area contributed by atoms with Crippen molar-refractivity contribution in [2.45, 2.75) is 26.2 Å². The second kappa shape index (κ2) is 7.87. The molecule has 1 heterocycles. The topological polar surface area (TPSA) is 66.5 Å². The first-order valence-electron chi connectivity index (χ1n) is 9.91. The van der Waals surface area contributed by atoms with Crippen LogP contribution in [0.5, 0.6) is 0 Å². The fourth-order valence-electron chi connectivity index (χ4n) is 3.83. The number of hydrogen-bond donors (Lipinski definition) is 1. The van der Waals surface area contributed by atoms with E-state index in [0.29, 0.717) is 24.2 Å². The Balaban J connectivity index is 1.58. The number of carbonyl (C=O) groups excluding carboxylic acids is 1. The van der Waals surface area contributed by atoms with Gasteiger partial charge in [-0.1, -0.05) is 37.3 Å². The average Bonchev–Trinajstić information content (AvgIpc) is 2.72. The van der Waals surface area contributed by atoms with Crippen LogP contribution in [0.1, 0.15) is 35.7 Å². The molecular formula is C23H24N2O3S. The molecule has 6 heteroatoms. The monoisotopic (exact) mass is 408 g/mol. The zero-order valence-corrected chi connectivity index (χ0v) is 17.2. The van der Waals surface area contributed by atoms with Crippen LogP contribution in [-0.4, -0.2) is 26.6 Å². The molecule has 150 valence electrons. The Kier molecular flexibility index (Phi) is 5.28. The summed E-state index contributed by atoms with van der Waals surface area (Å²) in [6.45, 7) is 2.38. The molecule has 0 aromatic heterocycles. The zero-order valence-electron chi connectivity index (χ0n) is 16.4. The average molecular weight is 409 g/mol. The Morgan fingerprint density at radius 3 is 2.62 bits per heavy atom. The van der Waals surface area contributed by atoms with Crippen LogP contribution in [0.25, 0.3) is 10.8 Å². The van der Waals surface area contributed by atoms with Gasteiger partial charge >= 0.3 is 0 Å². The first-order chi connectivity index (χ1) is 14.0. The fraction of sp³-hybridized carbons (Fsp3) is 0.261. The lowest BCUT2D eigenvalue weighted by Crippen LogP contribution is -2.37. The largest absolute Gasteiger partial charge is 0.322 e. The lowest BCUT2D eigenvalue weighted by molar-refractivity contribution is 0.102. The van der Waals surface area contributed by atoms with Crippen LogP contribution < -0.4 is 9.62 Å². The molecule has 5 nitrogen and oxygen atoms in total. The minimum Gasteiger partial charge on any atom is -0.322 e. The van der Waals surface area contributed by atoms with Crippen molar-refractivity contribution in [1.82, 2.24) is 0 Å². The maximum Gasteiger partial charge on any atom is 0.255 e. The summed E-state index contributed by atoms with van der Waals surface area (Å²) in [6.07, 6.45) is 2.17. The third-order valence-electron chi connectivity index (χ3n) is 5.22. The van der Waals surface area contributed by atoms with Gasteiger partial charge in [0, 0.05) is 17.8 Å². The Morgan fingerprint density at radius 1 is 1.03 bits per heavy atom. The van der Waals surface area contributed by atoms with E-state index in [9.17, 15) is 13.2 Å². The van der Waals surface area contributed by atoms with Crippen molar-refractivity contribution in [2.75, 3.05) is 21.9 Å². The molecule has 0 bridgehead atoms. The summed E-state index contributed by atoms with van der Waals surface area (Å²) < 4.78 is 26.6. The van der Waals surface area contributed by atoms with Crippen molar-refractivity contribution in [1.29, 1.82) is 0 Å². The molecule has 29 heavy (non-hydrogen) atoms. The van der Waals surface area contributed by atoms with Crippen molar-refractivity contribution in [3.05, 3.63) is 71.8 Å². The molecule has 0 atom stereocenters. The van der Waals surface area contributed by atoms with Gasteiger partial charge in [-0.3, -0.25) is 9.10 Å². The molecule has 0 radical (unpaired) electrons. The highest BCUT2D eigenvalue weighted by molar-refractivity contribution is 7.92. The van der Waals surface area contributed by atoms with Crippen LogP contribution in [0.3, 0.4) is 0 Å². The van der Waals surface area contributed by atoms with E-state index in [-0.39, 0.29) is 11.7 Å². The van der Waals surface area contributed by atoms with Crippen molar-refractivity contribution in [2.24, 2.45) is 0 Å². The van der Waals surface area contributed by atoms with Gasteiger partial charge in [0.1, 0.15) is 0 Å². The van der Waals surface area contributed by atoms with Gasteiger partial charge in [-0.15, -0.1) is 0 Å². The van der Waals surface area contributed by atoms with Gasteiger partial charge in [0.15, 0.2) is 0 Å². The lowest BCUT2D eigenvalue weighted by atomic mass is 10.0. The number of sulfonamides is 1. The van der Waals surface area contributed by atoms with Gasteiger partial charge in [-0.2, -0.15) is 0 Å². The summed E-state index contributed by atoms with van der Waals surface area (Å²) in [7, 11) is -3.30. The number of hydrogen-bond acceptors (Lipinski definition) is 3. The summed E-state index contributed by atoms with van der Waals surface area (Å²) in [6, 6.07) is 19.0. The number of benzene rings is 3. The van der Waals surface area contributed by atoms with Gasteiger partial charge in [0.2, 0.25) is 10.0 Å². The first-order valence-corrected chi connectivity index (χ1v) is 11.5. The van der Waals surface area contributed by atoms with Crippen molar-refractivity contribution in [3.8, 4) is 0 Å². The van der Waals surface area contributed by atoms with E-state index < -0.39 is 10.0 Å². The van der Waals surface area contributed by atoms with E-state index in [1.807, 2.05) is 55.5 Å². The van der Waals surface area contributed by atoms with Gasteiger partial charge < -0.3 is 5.32 Å². The summed E-state index contributed by atoms with van der Waals surface area (Å²) in [5, 5.41) is 5.05. The molecule has 1 amide bonds. The van der Waals surface area contributed by atoms with Gasteiger partial charge in [0.05, 0.1) is 11.4 Å². The molecule has 3 aromatic carbocycles. The number of aryl methyl sites for hydroxylation is 1. The lowest BCUT2D eigenvalue weighted by Gasteiger charge is -2.30. The normalized spacial score (nSPS) is 13.9. The highest BCUT2D eigenvalue weighted by Crippen LogP contribution is 2.32. The van der Waals surface area contributed by atoms with Crippen LogP contribution in [0.15, 0.2) is 60.7 Å². The number of nitrogens with zero attached hydrogens (tertiary/aromatic N) is 1. The minimum absolute atomic E-state index is 0.146. The van der Waals surface area contributed by atoms with Gasteiger partial charge in [0.25, 0.3) is 5.91 Å². The second-order valence-electron chi connectivity index (χ2n) is 7.35. The zero-order chi connectivity index (χ0) is 20.4. The molecule has 1 aliphatic heterocycles. The molecule has 0 fully saturated rings. The fourth-order valence-corrected chi connectivity index (χ4v) is 5.45. The molecule has 0 spiro atoms. The van der Waals surface area contributed by atoms with Crippen molar-refractivity contribution in [3.63, 3.8) is 0 Å². The number of amides is 1. The smallest absolute Gasteiger partial charge is 0.255 e. The maximum atomic E-state index is 12.7. The summed E-state index contributed by atoms with van der Waals surface area (Å²) in [5.74, 6) is -0.0330. The Morgan fingerprint density at radius 2 is 1.83 bits per heavy atom. The van der Waals surface area contributed by atoms with E-state index in [1.165, 1.54) is 4.31 Å². The molecule has 0 unspecified atom stereocenters. The summed E-state index contributed by atoms with van der Waals surface area (Å²) in [5.41, 5.74) is 2.95. The quantitative estimate of drug-likeness (QED) is 0.672. The van der Waals surface area contributed by atoms with Crippen LogP contribution >= 0.6 is 0 Å². The number of fused-ring (bicyclic) bond motifs is 2. The maximum absolute atomic E-state index is 12.7. The predicted octanol–water partition coefficient (Wildman–Crippen LogP) is 4.58. The molecule has 0 saturated carbocycles. The van der Waals surface area contributed by atoms with Gasteiger partial charge in [-0.05, 0) is 65.9 Å². The van der Waals surface area contributed by atoms with E-state index in [2.05, 4.69) is 5.32 Å². The second-order valence-corrected chi connectivity index (χ2v) is 9.36.